The van der Waals surface area contributed by atoms with E-state index >= 15 is 0 Å². The summed E-state index contributed by atoms with van der Waals surface area (Å²) in [5.74, 6) is 5.87. The summed E-state index contributed by atoms with van der Waals surface area (Å²) < 4.78 is 5.46. The number of hydrogen-bond donors (Lipinski definition) is 3. The molecule has 9 nitrogen and oxygen atoms in total. The Morgan fingerprint density at radius 1 is 1.10 bits per heavy atom. The first-order valence-electron chi connectivity index (χ1n) is 13.6. The standard InChI is InChI=1S/C31H36N8O/c1-3-7-29-26(19-32)30-27(21-37(29)20-23-10-12-25(13-11-23)38-17-6-15-35-38)31(40)39(36-30)28-9-5-4-8-24(28)18-22(2)14-16-34-33/h3-13,15,17,21-22,34H,14,16,18-20,32-33H2,1-2H3. The molecule has 0 bridgehead atoms. The molecule has 5 N–H and O–H groups in total. The summed E-state index contributed by atoms with van der Waals surface area (Å²) in [6, 6.07) is 18.1. The van der Waals surface area contributed by atoms with Gasteiger partial charge in [0.25, 0.3) is 5.56 Å². The average molecular weight is 537 g/mol. The van der Waals surface area contributed by atoms with Gasteiger partial charge in [0, 0.05) is 49.5 Å². The molecule has 2 aliphatic heterocycles. The zero-order chi connectivity index (χ0) is 28.1. The predicted octanol–water partition coefficient (Wildman–Crippen LogP) is 3.90. The largest absolute Gasteiger partial charge is 0.342 e. The van der Waals surface area contributed by atoms with Crippen molar-refractivity contribution in [2.75, 3.05) is 6.54 Å². The SMILES string of the molecule is CC=Cc1c(CN)c2nn(-c3ccccc3CC(C)CCNN)c(=O)c-2cn1Cc1ccc(-n2cccn2)cc1. The Balaban J connectivity index is 1.57. The van der Waals surface area contributed by atoms with Crippen LogP contribution in [0, 0.1) is 5.92 Å². The van der Waals surface area contributed by atoms with Gasteiger partial charge < -0.3 is 10.3 Å². The molecule has 0 amide bonds. The van der Waals surface area contributed by atoms with E-state index in [2.05, 4.69) is 40.2 Å². The Hall–Kier alpha value is -4.31. The van der Waals surface area contributed by atoms with Crippen LogP contribution in [0.5, 0.6) is 0 Å². The lowest BCUT2D eigenvalue weighted by Crippen LogP contribution is -2.25. The number of fused-ring (bicyclic) bond motifs is 1. The van der Waals surface area contributed by atoms with Gasteiger partial charge in [-0.1, -0.05) is 43.3 Å². The van der Waals surface area contributed by atoms with E-state index in [4.69, 9.17) is 16.7 Å². The molecule has 0 spiro atoms. The molecule has 2 aliphatic rings. The molecule has 0 saturated carbocycles. The van der Waals surface area contributed by atoms with Crippen molar-refractivity contribution in [1.82, 2.24) is 29.6 Å². The Bertz CT molecular complexity index is 1610. The minimum atomic E-state index is -0.150. The van der Waals surface area contributed by atoms with Crippen LogP contribution < -0.4 is 22.6 Å². The van der Waals surface area contributed by atoms with E-state index in [-0.39, 0.29) is 12.1 Å². The molecule has 2 aromatic carbocycles. The van der Waals surface area contributed by atoms with Crippen LogP contribution >= 0.6 is 0 Å². The smallest absolute Gasteiger partial charge is 0.282 e. The molecule has 1 atom stereocenters. The third-order valence-corrected chi connectivity index (χ3v) is 7.22. The Kier molecular flexibility index (Phi) is 8.35. The number of hydrazine groups is 1. The van der Waals surface area contributed by atoms with Crippen LogP contribution in [0.3, 0.4) is 0 Å². The second-order valence-corrected chi connectivity index (χ2v) is 10.1. The molecule has 1 unspecified atom stereocenters. The van der Waals surface area contributed by atoms with Crippen LogP contribution in [0.4, 0.5) is 0 Å². The van der Waals surface area contributed by atoms with E-state index < -0.39 is 0 Å². The minimum Gasteiger partial charge on any atom is -0.342 e. The summed E-state index contributed by atoms with van der Waals surface area (Å²) in [4.78, 5) is 13.8. The molecule has 5 rings (SSSR count). The highest BCUT2D eigenvalue weighted by Crippen LogP contribution is 2.28. The van der Waals surface area contributed by atoms with Crippen LogP contribution in [-0.4, -0.2) is 30.7 Å². The molecular formula is C31H36N8O. The lowest BCUT2D eigenvalue weighted by Gasteiger charge is -2.18. The summed E-state index contributed by atoms with van der Waals surface area (Å²) in [5, 5.41) is 9.15. The van der Waals surface area contributed by atoms with Crippen molar-refractivity contribution in [1.29, 1.82) is 0 Å². The quantitative estimate of drug-likeness (QED) is 0.174. The maximum Gasteiger partial charge on any atom is 0.282 e. The third kappa shape index (κ3) is 5.53. The molecule has 206 valence electrons. The number of nitrogens with zero attached hydrogens (tertiary/aromatic N) is 5. The van der Waals surface area contributed by atoms with Gasteiger partial charge in [0.15, 0.2) is 0 Å². The van der Waals surface area contributed by atoms with Crippen LogP contribution in [0.2, 0.25) is 0 Å². The minimum absolute atomic E-state index is 0.150. The summed E-state index contributed by atoms with van der Waals surface area (Å²) in [5.41, 5.74) is 15.8. The monoisotopic (exact) mass is 536 g/mol. The first-order valence-corrected chi connectivity index (χ1v) is 13.6. The van der Waals surface area contributed by atoms with Gasteiger partial charge in [-0.3, -0.25) is 16.1 Å². The Labute approximate surface area is 234 Å². The number of para-hydroxylation sites is 1. The van der Waals surface area contributed by atoms with E-state index in [1.54, 1.807) is 6.20 Å². The van der Waals surface area contributed by atoms with Crippen molar-refractivity contribution in [2.24, 2.45) is 17.5 Å². The highest BCUT2D eigenvalue weighted by molar-refractivity contribution is 5.70. The van der Waals surface area contributed by atoms with Gasteiger partial charge in [0.1, 0.15) is 5.69 Å². The van der Waals surface area contributed by atoms with E-state index in [1.165, 1.54) is 4.68 Å². The van der Waals surface area contributed by atoms with Crippen molar-refractivity contribution in [3.63, 3.8) is 0 Å². The lowest BCUT2D eigenvalue weighted by molar-refractivity contribution is 0.503. The van der Waals surface area contributed by atoms with Gasteiger partial charge in [-0.15, -0.1) is 0 Å². The molecule has 0 aliphatic carbocycles. The predicted molar refractivity (Wildman–Crippen MR) is 159 cm³/mol. The van der Waals surface area contributed by atoms with Crippen molar-refractivity contribution in [3.05, 3.63) is 112 Å². The van der Waals surface area contributed by atoms with E-state index in [0.717, 1.165) is 53.1 Å². The number of allylic oxidation sites excluding steroid dienone is 1. The number of rotatable bonds is 11. The molecule has 0 fully saturated rings. The fourth-order valence-corrected chi connectivity index (χ4v) is 5.19. The number of nitrogens with one attached hydrogen (secondary N) is 1. The molecule has 0 saturated heterocycles. The van der Waals surface area contributed by atoms with Gasteiger partial charge in [-0.25, -0.2) is 4.68 Å². The highest BCUT2D eigenvalue weighted by atomic mass is 16.1. The first kappa shape index (κ1) is 27.3. The Morgan fingerprint density at radius 3 is 2.60 bits per heavy atom. The zero-order valence-corrected chi connectivity index (χ0v) is 23.0. The van der Waals surface area contributed by atoms with Crippen molar-refractivity contribution >= 4 is 6.08 Å². The summed E-state index contributed by atoms with van der Waals surface area (Å²) >= 11 is 0. The van der Waals surface area contributed by atoms with Crippen LogP contribution in [0.1, 0.15) is 42.7 Å². The third-order valence-electron chi connectivity index (χ3n) is 7.22. The molecule has 3 heterocycles. The fourth-order valence-electron chi connectivity index (χ4n) is 5.19. The Morgan fingerprint density at radius 2 is 1.90 bits per heavy atom. The zero-order valence-electron chi connectivity index (χ0n) is 23.0. The highest BCUT2D eigenvalue weighted by Gasteiger charge is 2.24. The second kappa shape index (κ2) is 12.3. The number of nitrogens with two attached hydrogens (primary N) is 2. The normalized spacial score (nSPS) is 12.5. The van der Waals surface area contributed by atoms with E-state index in [0.29, 0.717) is 23.7 Å². The molecule has 9 heteroatoms. The first-order chi connectivity index (χ1) is 19.5. The van der Waals surface area contributed by atoms with Crippen molar-refractivity contribution in [3.8, 4) is 22.6 Å². The van der Waals surface area contributed by atoms with Crippen molar-refractivity contribution in [2.45, 2.75) is 39.8 Å². The molecule has 40 heavy (non-hydrogen) atoms. The maximum absolute atomic E-state index is 13.8. The summed E-state index contributed by atoms with van der Waals surface area (Å²) in [7, 11) is 0. The number of aromatic nitrogens is 5. The number of pyridine rings is 1. The second-order valence-electron chi connectivity index (χ2n) is 10.1. The van der Waals surface area contributed by atoms with Gasteiger partial charge in [-0.2, -0.15) is 14.9 Å². The molecule has 0 radical (unpaired) electrons. The number of hydrogen-bond acceptors (Lipinski definition) is 6. The van der Waals surface area contributed by atoms with Crippen molar-refractivity contribution < 1.29 is 0 Å². The van der Waals surface area contributed by atoms with E-state index in [9.17, 15) is 4.79 Å². The van der Waals surface area contributed by atoms with Gasteiger partial charge in [-0.05, 0) is 67.2 Å². The fraction of sp³-hybridized carbons (Fsp3) is 0.258. The molecule has 1 aromatic heterocycles. The lowest BCUT2D eigenvalue weighted by atomic mass is 9.97. The van der Waals surface area contributed by atoms with Gasteiger partial charge in [0.2, 0.25) is 0 Å². The van der Waals surface area contributed by atoms with Crippen LogP contribution in [0.15, 0.2) is 84.1 Å². The topological polar surface area (TPSA) is 122 Å². The van der Waals surface area contributed by atoms with Gasteiger partial charge >= 0.3 is 0 Å². The molecule has 3 aromatic rings. The van der Waals surface area contributed by atoms with Crippen LogP contribution in [-0.2, 0) is 19.5 Å². The maximum atomic E-state index is 13.8. The average Bonchev–Trinajstić information content (AvgIpc) is 3.62. The summed E-state index contributed by atoms with van der Waals surface area (Å²) in [6.07, 6.45) is 11.4. The number of benzene rings is 2. The van der Waals surface area contributed by atoms with Gasteiger partial charge in [0.05, 0.1) is 16.9 Å². The van der Waals surface area contributed by atoms with Crippen LogP contribution in [0.25, 0.3) is 28.7 Å². The summed E-state index contributed by atoms with van der Waals surface area (Å²) in [6.45, 7) is 5.74. The molecular weight excluding hydrogens is 500 g/mol. The van der Waals surface area contributed by atoms with E-state index in [1.807, 2.05) is 72.5 Å².